The number of nitrogens with one attached hydrogen (secondary N) is 3. The quantitative estimate of drug-likeness (QED) is 0.569. The molecule has 3 N–H and O–H groups in total. The number of carbonyl (C=O) groups is 2. The Bertz CT molecular complexity index is 718. The molecule has 0 fully saturated rings. The number of hydrogen-bond acceptors (Lipinski definition) is 4. The first-order valence-corrected chi connectivity index (χ1v) is 8.71. The Morgan fingerprint density at radius 1 is 0.926 bits per heavy atom. The molecule has 146 valence electrons. The van der Waals surface area contributed by atoms with Crippen molar-refractivity contribution in [2.24, 2.45) is 0 Å². The van der Waals surface area contributed by atoms with E-state index in [4.69, 9.17) is 4.74 Å². The van der Waals surface area contributed by atoms with Crippen LogP contribution in [0.2, 0.25) is 0 Å². The van der Waals surface area contributed by atoms with Gasteiger partial charge in [-0.3, -0.25) is 9.59 Å². The molecule has 7 heteroatoms. The Morgan fingerprint density at radius 3 is 2.11 bits per heavy atom. The second-order valence-corrected chi connectivity index (χ2v) is 5.74. The van der Waals surface area contributed by atoms with E-state index < -0.39 is 0 Å². The third-order valence-corrected chi connectivity index (χ3v) is 3.68. The number of anilines is 2. The first-order valence-electron chi connectivity index (χ1n) is 8.71. The first-order chi connectivity index (χ1) is 12.6. The molecule has 0 saturated heterocycles. The largest absolute Gasteiger partial charge is 0.494 e. The van der Waals surface area contributed by atoms with Crippen molar-refractivity contribution in [3.05, 3.63) is 54.1 Å². The van der Waals surface area contributed by atoms with Crippen LogP contribution in [-0.2, 0) is 4.79 Å². The average molecular weight is 392 g/mol. The van der Waals surface area contributed by atoms with Gasteiger partial charge >= 0.3 is 0 Å². The van der Waals surface area contributed by atoms with Crippen molar-refractivity contribution in [1.29, 1.82) is 0 Å². The van der Waals surface area contributed by atoms with Gasteiger partial charge in [0.2, 0.25) is 5.91 Å². The maximum Gasteiger partial charge on any atom is 0.255 e. The third-order valence-electron chi connectivity index (χ3n) is 3.68. The van der Waals surface area contributed by atoms with Gasteiger partial charge in [0.15, 0.2) is 0 Å². The topological polar surface area (TPSA) is 79.5 Å². The van der Waals surface area contributed by atoms with E-state index in [0.717, 1.165) is 18.7 Å². The molecule has 0 aliphatic heterocycles. The van der Waals surface area contributed by atoms with E-state index in [1.165, 1.54) is 0 Å². The van der Waals surface area contributed by atoms with E-state index >= 15 is 0 Å². The lowest BCUT2D eigenvalue weighted by Crippen LogP contribution is -2.15. The Balaban J connectivity index is 0.00000364. The van der Waals surface area contributed by atoms with Gasteiger partial charge in [-0.05, 0) is 75.5 Å². The van der Waals surface area contributed by atoms with E-state index in [9.17, 15) is 9.59 Å². The third kappa shape index (κ3) is 7.68. The highest BCUT2D eigenvalue weighted by Crippen LogP contribution is 2.17. The van der Waals surface area contributed by atoms with Crippen LogP contribution in [0.3, 0.4) is 0 Å². The second-order valence-electron chi connectivity index (χ2n) is 5.74. The van der Waals surface area contributed by atoms with Gasteiger partial charge in [-0.25, -0.2) is 0 Å². The Labute approximate surface area is 166 Å². The summed E-state index contributed by atoms with van der Waals surface area (Å²) in [4.78, 5) is 24.1. The summed E-state index contributed by atoms with van der Waals surface area (Å²) in [6.45, 7) is 3.33. The maximum absolute atomic E-state index is 12.3. The van der Waals surface area contributed by atoms with Crippen molar-refractivity contribution in [3.8, 4) is 5.75 Å². The molecule has 0 heterocycles. The molecule has 0 saturated carbocycles. The molecule has 0 aliphatic rings. The van der Waals surface area contributed by atoms with E-state index in [-0.39, 0.29) is 24.2 Å². The first kappa shape index (κ1) is 22.5. The van der Waals surface area contributed by atoms with Gasteiger partial charge in [-0.1, -0.05) is 0 Å². The number of carbonyl (C=O) groups excluding carboxylic acids is 2. The van der Waals surface area contributed by atoms with Crippen molar-refractivity contribution >= 4 is 35.6 Å². The molecule has 0 bridgehead atoms. The van der Waals surface area contributed by atoms with Gasteiger partial charge in [0, 0.05) is 23.4 Å². The summed E-state index contributed by atoms with van der Waals surface area (Å²) in [6.07, 6.45) is 1.24. The van der Waals surface area contributed by atoms with Crippen LogP contribution in [0, 0.1) is 0 Å². The van der Waals surface area contributed by atoms with E-state index in [2.05, 4.69) is 16.0 Å². The predicted molar refractivity (Wildman–Crippen MR) is 111 cm³/mol. The van der Waals surface area contributed by atoms with Crippen molar-refractivity contribution < 1.29 is 14.3 Å². The molecular weight excluding hydrogens is 366 g/mol. The standard InChI is InChI=1S/C20H25N3O3.ClH/c1-3-26-18-12-10-17(11-13-18)23-20(25)15-6-8-16(9-7-15)22-19(24)5-4-14-21-2;/h6-13,21H,3-5,14H2,1-2H3,(H,22,24)(H,23,25);1H. The minimum atomic E-state index is -0.207. The molecule has 0 unspecified atom stereocenters. The smallest absolute Gasteiger partial charge is 0.255 e. The van der Waals surface area contributed by atoms with Crippen LogP contribution < -0.4 is 20.7 Å². The molecule has 27 heavy (non-hydrogen) atoms. The number of rotatable bonds is 9. The fourth-order valence-electron chi connectivity index (χ4n) is 2.36. The Kier molecular flexibility index (Phi) is 9.93. The molecule has 2 aromatic rings. The monoisotopic (exact) mass is 391 g/mol. The van der Waals surface area contributed by atoms with Crippen molar-refractivity contribution in [3.63, 3.8) is 0 Å². The van der Waals surface area contributed by atoms with Crippen molar-refractivity contribution in [2.75, 3.05) is 30.8 Å². The number of benzene rings is 2. The van der Waals surface area contributed by atoms with Gasteiger partial charge in [-0.2, -0.15) is 0 Å². The summed E-state index contributed by atoms with van der Waals surface area (Å²) in [6, 6.07) is 14.0. The van der Waals surface area contributed by atoms with Crippen LogP contribution >= 0.6 is 12.4 Å². The molecule has 0 radical (unpaired) electrons. The van der Waals surface area contributed by atoms with Crippen LogP contribution in [0.5, 0.6) is 5.75 Å². The van der Waals surface area contributed by atoms with Gasteiger partial charge in [0.25, 0.3) is 5.91 Å². The number of halogens is 1. The number of hydrogen-bond donors (Lipinski definition) is 3. The van der Waals surface area contributed by atoms with E-state index in [1.54, 1.807) is 36.4 Å². The lowest BCUT2D eigenvalue weighted by Gasteiger charge is -2.08. The summed E-state index contributed by atoms with van der Waals surface area (Å²) < 4.78 is 5.38. The summed E-state index contributed by atoms with van der Waals surface area (Å²) in [7, 11) is 1.86. The molecule has 2 rings (SSSR count). The summed E-state index contributed by atoms with van der Waals surface area (Å²) in [5, 5.41) is 8.66. The second kappa shape index (κ2) is 11.9. The van der Waals surface area contributed by atoms with Gasteiger partial charge < -0.3 is 20.7 Å². The zero-order valence-electron chi connectivity index (χ0n) is 15.6. The average Bonchev–Trinajstić information content (AvgIpc) is 2.64. The van der Waals surface area contributed by atoms with Gasteiger partial charge in [0.1, 0.15) is 5.75 Å². The van der Waals surface area contributed by atoms with Gasteiger partial charge in [0.05, 0.1) is 6.61 Å². The van der Waals surface area contributed by atoms with Gasteiger partial charge in [-0.15, -0.1) is 12.4 Å². The normalized spacial score (nSPS) is 9.85. The zero-order chi connectivity index (χ0) is 18.8. The van der Waals surface area contributed by atoms with Crippen LogP contribution in [0.25, 0.3) is 0 Å². The molecule has 0 atom stereocenters. The number of amides is 2. The predicted octanol–water partition coefficient (Wildman–Crippen LogP) is 3.70. The Hall–Kier alpha value is -2.57. The molecule has 0 aliphatic carbocycles. The number of ether oxygens (including phenoxy) is 1. The molecular formula is C20H26ClN3O3. The minimum Gasteiger partial charge on any atom is -0.494 e. The lowest BCUT2D eigenvalue weighted by atomic mass is 10.2. The Morgan fingerprint density at radius 2 is 1.52 bits per heavy atom. The maximum atomic E-state index is 12.3. The minimum absolute atomic E-state index is 0. The highest BCUT2D eigenvalue weighted by atomic mass is 35.5. The summed E-state index contributed by atoms with van der Waals surface area (Å²) >= 11 is 0. The van der Waals surface area contributed by atoms with Crippen molar-refractivity contribution in [1.82, 2.24) is 5.32 Å². The summed E-state index contributed by atoms with van der Waals surface area (Å²) in [5.74, 6) is 0.521. The fraction of sp³-hybridized carbons (Fsp3) is 0.300. The molecule has 0 aromatic heterocycles. The fourth-order valence-corrected chi connectivity index (χ4v) is 2.36. The van der Waals surface area contributed by atoms with Crippen LogP contribution in [-0.4, -0.2) is 32.0 Å². The van der Waals surface area contributed by atoms with Crippen LogP contribution in [0.15, 0.2) is 48.5 Å². The molecule has 2 aromatic carbocycles. The van der Waals surface area contributed by atoms with Crippen LogP contribution in [0.4, 0.5) is 11.4 Å². The molecule has 6 nitrogen and oxygen atoms in total. The molecule has 0 spiro atoms. The SMILES string of the molecule is CCOc1ccc(NC(=O)c2ccc(NC(=O)CCCNC)cc2)cc1.Cl. The summed E-state index contributed by atoms with van der Waals surface area (Å²) in [5.41, 5.74) is 1.89. The van der Waals surface area contributed by atoms with Crippen LogP contribution in [0.1, 0.15) is 30.1 Å². The van der Waals surface area contributed by atoms with E-state index in [0.29, 0.717) is 30.0 Å². The zero-order valence-corrected chi connectivity index (χ0v) is 16.4. The molecule has 2 amide bonds. The van der Waals surface area contributed by atoms with Crippen molar-refractivity contribution in [2.45, 2.75) is 19.8 Å². The van der Waals surface area contributed by atoms with E-state index in [1.807, 2.05) is 26.1 Å². The highest BCUT2D eigenvalue weighted by Gasteiger charge is 2.07. The lowest BCUT2D eigenvalue weighted by molar-refractivity contribution is -0.116. The highest BCUT2D eigenvalue weighted by molar-refractivity contribution is 6.04.